The maximum atomic E-state index is 12.8. The van der Waals surface area contributed by atoms with Crippen LogP contribution in [0.15, 0.2) is 24.3 Å². The van der Waals surface area contributed by atoms with Gasteiger partial charge in [0.25, 0.3) is 0 Å². The number of rotatable bonds is 4. The third kappa shape index (κ3) is 3.27. The van der Waals surface area contributed by atoms with Gasteiger partial charge in [-0.15, -0.1) is 0 Å². The molecule has 2 fully saturated rings. The van der Waals surface area contributed by atoms with Crippen molar-refractivity contribution < 1.29 is 14.3 Å². The summed E-state index contributed by atoms with van der Waals surface area (Å²) in [6.07, 6.45) is 0.886. The molecule has 3 rings (SSSR count). The van der Waals surface area contributed by atoms with Crippen LogP contribution in [0.25, 0.3) is 0 Å². The van der Waals surface area contributed by atoms with Gasteiger partial charge in [-0.05, 0) is 24.6 Å². The predicted octanol–water partition coefficient (Wildman–Crippen LogP) is 1.79. The number of amides is 1. The van der Waals surface area contributed by atoms with Crippen molar-refractivity contribution in [2.24, 2.45) is 0 Å². The second kappa shape index (κ2) is 6.96. The van der Waals surface area contributed by atoms with E-state index in [0.29, 0.717) is 18.2 Å². The molecule has 0 bridgehead atoms. The zero-order valence-corrected chi connectivity index (χ0v) is 13.5. The maximum absolute atomic E-state index is 12.8. The number of hydrogen-bond donors (Lipinski definition) is 0. The van der Waals surface area contributed by atoms with Crippen LogP contribution in [0.2, 0.25) is 5.02 Å². The van der Waals surface area contributed by atoms with E-state index in [2.05, 4.69) is 4.90 Å². The highest BCUT2D eigenvalue weighted by atomic mass is 35.5. The van der Waals surface area contributed by atoms with Gasteiger partial charge >= 0.3 is 0 Å². The lowest BCUT2D eigenvalue weighted by Crippen LogP contribution is -2.51. The molecule has 2 saturated heterocycles. The second-order valence-electron chi connectivity index (χ2n) is 5.72. The molecule has 6 heteroatoms. The van der Waals surface area contributed by atoms with Crippen LogP contribution < -0.4 is 4.90 Å². The van der Waals surface area contributed by atoms with E-state index in [-0.39, 0.29) is 18.1 Å². The van der Waals surface area contributed by atoms with E-state index in [1.807, 2.05) is 29.2 Å². The Morgan fingerprint density at radius 2 is 2.27 bits per heavy atom. The van der Waals surface area contributed by atoms with Gasteiger partial charge in [-0.2, -0.15) is 0 Å². The Kier molecular flexibility index (Phi) is 4.98. The van der Waals surface area contributed by atoms with Crippen LogP contribution in [0, 0.1) is 0 Å². The highest BCUT2D eigenvalue weighted by Gasteiger charge is 2.38. The average Bonchev–Trinajstić information content (AvgIpc) is 2.90. The van der Waals surface area contributed by atoms with Gasteiger partial charge in [0.05, 0.1) is 25.4 Å². The number of benzene rings is 1. The number of methoxy groups -OCH3 is 1. The summed E-state index contributed by atoms with van der Waals surface area (Å²) in [5.74, 6) is 0.153. The van der Waals surface area contributed by atoms with Crippen molar-refractivity contribution in [3.05, 3.63) is 29.3 Å². The van der Waals surface area contributed by atoms with E-state index < -0.39 is 0 Å². The molecule has 2 aliphatic rings. The van der Waals surface area contributed by atoms with Crippen molar-refractivity contribution in [2.75, 3.05) is 44.9 Å². The number of nitrogens with zero attached hydrogens (tertiary/aromatic N) is 2. The lowest BCUT2D eigenvalue weighted by Gasteiger charge is -2.35. The molecule has 0 saturated carbocycles. The van der Waals surface area contributed by atoms with Crippen molar-refractivity contribution in [3.63, 3.8) is 0 Å². The predicted molar refractivity (Wildman–Crippen MR) is 85.4 cm³/mol. The third-order valence-electron chi connectivity index (χ3n) is 4.26. The first-order valence-corrected chi connectivity index (χ1v) is 7.98. The van der Waals surface area contributed by atoms with Crippen LogP contribution in [0.1, 0.15) is 6.42 Å². The SMILES string of the molecule is COC[C@H]1CN([C@@H]2CCN(c3cccc(Cl)c3)C2=O)CCO1. The van der Waals surface area contributed by atoms with Crippen molar-refractivity contribution in [1.82, 2.24) is 4.90 Å². The molecule has 2 aliphatic heterocycles. The van der Waals surface area contributed by atoms with Crippen molar-refractivity contribution in [2.45, 2.75) is 18.6 Å². The molecule has 0 spiro atoms. The lowest BCUT2D eigenvalue weighted by molar-refractivity contribution is -0.126. The van der Waals surface area contributed by atoms with Crippen LogP contribution in [0.5, 0.6) is 0 Å². The maximum Gasteiger partial charge on any atom is 0.244 e. The first-order chi connectivity index (χ1) is 10.7. The van der Waals surface area contributed by atoms with Gasteiger partial charge < -0.3 is 14.4 Å². The number of halogens is 1. The topological polar surface area (TPSA) is 42.0 Å². The lowest BCUT2D eigenvalue weighted by atomic mass is 10.1. The molecule has 0 aromatic heterocycles. The minimum Gasteiger partial charge on any atom is -0.382 e. The van der Waals surface area contributed by atoms with Crippen molar-refractivity contribution in [1.29, 1.82) is 0 Å². The van der Waals surface area contributed by atoms with Gasteiger partial charge in [-0.1, -0.05) is 17.7 Å². The van der Waals surface area contributed by atoms with Gasteiger partial charge in [0.1, 0.15) is 0 Å². The second-order valence-corrected chi connectivity index (χ2v) is 6.15. The molecule has 1 aromatic rings. The van der Waals surface area contributed by atoms with E-state index >= 15 is 0 Å². The molecular formula is C16H21ClN2O3. The van der Waals surface area contributed by atoms with Crippen molar-refractivity contribution in [3.8, 4) is 0 Å². The zero-order chi connectivity index (χ0) is 15.5. The highest BCUT2D eigenvalue weighted by molar-refractivity contribution is 6.30. The normalized spacial score (nSPS) is 26.6. The molecule has 0 radical (unpaired) electrons. The van der Waals surface area contributed by atoms with Gasteiger partial charge in [-0.25, -0.2) is 0 Å². The van der Waals surface area contributed by atoms with Crippen LogP contribution in [0.4, 0.5) is 5.69 Å². The molecule has 0 unspecified atom stereocenters. The summed E-state index contributed by atoms with van der Waals surface area (Å²) in [6.45, 7) is 3.48. The fraction of sp³-hybridized carbons (Fsp3) is 0.562. The minimum absolute atomic E-state index is 0.0479. The number of anilines is 1. The molecule has 1 aromatic carbocycles. The molecule has 2 atom stereocenters. The summed E-state index contributed by atoms with van der Waals surface area (Å²) in [6, 6.07) is 7.40. The molecule has 5 nitrogen and oxygen atoms in total. The number of carbonyl (C=O) groups excluding carboxylic acids is 1. The highest BCUT2D eigenvalue weighted by Crippen LogP contribution is 2.27. The molecule has 1 amide bonds. The van der Waals surface area contributed by atoms with Gasteiger partial charge in [0.15, 0.2) is 0 Å². The monoisotopic (exact) mass is 324 g/mol. The van der Waals surface area contributed by atoms with Crippen LogP contribution in [-0.2, 0) is 14.3 Å². The van der Waals surface area contributed by atoms with Gasteiger partial charge in [0, 0.05) is 37.5 Å². The number of ether oxygens (including phenoxy) is 2. The zero-order valence-electron chi connectivity index (χ0n) is 12.7. The molecule has 22 heavy (non-hydrogen) atoms. The molecule has 0 aliphatic carbocycles. The van der Waals surface area contributed by atoms with Crippen LogP contribution in [-0.4, -0.2) is 62.9 Å². The Bertz CT molecular complexity index is 538. The number of carbonyl (C=O) groups is 1. The van der Waals surface area contributed by atoms with Gasteiger partial charge in [-0.3, -0.25) is 9.69 Å². The fourth-order valence-corrected chi connectivity index (χ4v) is 3.40. The Labute approximate surface area is 135 Å². The Morgan fingerprint density at radius 3 is 3.05 bits per heavy atom. The third-order valence-corrected chi connectivity index (χ3v) is 4.50. The van der Waals surface area contributed by atoms with E-state index in [0.717, 1.165) is 31.7 Å². The molecular weight excluding hydrogens is 304 g/mol. The average molecular weight is 325 g/mol. The van der Waals surface area contributed by atoms with E-state index in [1.54, 1.807) is 7.11 Å². The summed E-state index contributed by atoms with van der Waals surface area (Å²) in [7, 11) is 1.67. The van der Waals surface area contributed by atoms with Gasteiger partial charge in [0.2, 0.25) is 5.91 Å². The Morgan fingerprint density at radius 1 is 1.41 bits per heavy atom. The fourth-order valence-electron chi connectivity index (χ4n) is 3.22. The van der Waals surface area contributed by atoms with E-state index in [4.69, 9.17) is 21.1 Å². The van der Waals surface area contributed by atoms with Crippen LogP contribution >= 0.6 is 11.6 Å². The first kappa shape index (κ1) is 15.7. The van der Waals surface area contributed by atoms with Crippen LogP contribution in [0.3, 0.4) is 0 Å². The summed E-state index contributed by atoms with van der Waals surface area (Å²) in [5.41, 5.74) is 0.877. The Hall–Kier alpha value is -1.14. The van der Waals surface area contributed by atoms with E-state index in [9.17, 15) is 4.79 Å². The molecule has 0 N–H and O–H groups in total. The first-order valence-electron chi connectivity index (χ1n) is 7.60. The minimum atomic E-state index is -0.0674. The number of morpholine rings is 1. The number of hydrogen-bond acceptors (Lipinski definition) is 4. The quantitative estimate of drug-likeness (QED) is 0.847. The largest absolute Gasteiger partial charge is 0.382 e. The smallest absolute Gasteiger partial charge is 0.244 e. The summed E-state index contributed by atoms with van der Waals surface area (Å²) in [4.78, 5) is 16.8. The molecule has 120 valence electrons. The Balaban J connectivity index is 1.68. The van der Waals surface area contributed by atoms with Crippen molar-refractivity contribution >= 4 is 23.2 Å². The molecule has 2 heterocycles. The standard InChI is InChI=1S/C16H21ClN2O3/c1-21-11-14-10-18(7-8-22-14)15-5-6-19(16(15)20)13-4-2-3-12(17)9-13/h2-4,9,14-15H,5-8,10-11H2,1H3/t14-,15-/m1/s1. The van der Waals surface area contributed by atoms with E-state index in [1.165, 1.54) is 0 Å². The summed E-state index contributed by atoms with van der Waals surface area (Å²) < 4.78 is 10.8. The summed E-state index contributed by atoms with van der Waals surface area (Å²) >= 11 is 6.03. The summed E-state index contributed by atoms with van der Waals surface area (Å²) in [5, 5.41) is 0.653.